The number of halogens is 1. The SMILES string of the molecule is CC1CCN(C(=O)c2ccc(S(=O)(=O)c3ccc(F)cc3)c([N+](=O)[O-])c2)CC1. The molecule has 7 nitrogen and oxygen atoms in total. The molecule has 28 heavy (non-hydrogen) atoms. The Hall–Kier alpha value is -2.81. The first-order valence-electron chi connectivity index (χ1n) is 8.78. The Morgan fingerprint density at radius 1 is 1.14 bits per heavy atom. The van der Waals surface area contributed by atoms with Crippen molar-refractivity contribution in [3.8, 4) is 0 Å². The molecule has 1 amide bonds. The van der Waals surface area contributed by atoms with E-state index in [4.69, 9.17) is 0 Å². The van der Waals surface area contributed by atoms with Gasteiger partial charge in [-0.05, 0) is 55.2 Å². The summed E-state index contributed by atoms with van der Waals surface area (Å²) < 4.78 is 38.6. The van der Waals surface area contributed by atoms with Gasteiger partial charge in [-0.3, -0.25) is 14.9 Å². The van der Waals surface area contributed by atoms with Gasteiger partial charge in [-0.1, -0.05) is 6.92 Å². The van der Waals surface area contributed by atoms with Crippen LogP contribution in [0.2, 0.25) is 0 Å². The van der Waals surface area contributed by atoms with Crippen molar-refractivity contribution in [1.82, 2.24) is 4.90 Å². The van der Waals surface area contributed by atoms with Crippen molar-refractivity contribution in [2.75, 3.05) is 13.1 Å². The molecule has 3 rings (SSSR count). The molecule has 0 aromatic heterocycles. The summed E-state index contributed by atoms with van der Waals surface area (Å²) in [5.74, 6) is -0.465. The fourth-order valence-electron chi connectivity index (χ4n) is 3.16. The van der Waals surface area contributed by atoms with E-state index in [2.05, 4.69) is 6.92 Å². The molecule has 1 fully saturated rings. The monoisotopic (exact) mass is 406 g/mol. The van der Waals surface area contributed by atoms with Gasteiger partial charge in [0.15, 0.2) is 0 Å². The fourth-order valence-corrected chi connectivity index (χ4v) is 4.56. The summed E-state index contributed by atoms with van der Waals surface area (Å²) in [6.45, 7) is 3.22. The molecule has 0 spiro atoms. The number of carbonyl (C=O) groups excluding carboxylic acids is 1. The largest absolute Gasteiger partial charge is 0.339 e. The lowest BCUT2D eigenvalue weighted by molar-refractivity contribution is -0.387. The number of benzene rings is 2. The molecule has 1 heterocycles. The quantitative estimate of drug-likeness (QED) is 0.440. The molecule has 0 bridgehead atoms. The van der Waals surface area contributed by atoms with Crippen molar-refractivity contribution in [3.63, 3.8) is 0 Å². The number of nitrogens with zero attached hydrogens (tertiary/aromatic N) is 2. The van der Waals surface area contributed by atoms with Crippen LogP contribution in [-0.4, -0.2) is 37.2 Å². The Bertz CT molecular complexity index is 1010. The lowest BCUT2D eigenvalue weighted by Gasteiger charge is -2.30. The van der Waals surface area contributed by atoms with Crippen molar-refractivity contribution in [3.05, 3.63) is 64.0 Å². The summed E-state index contributed by atoms with van der Waals surface area (Å²) in [7, 11) is -4.24. The van der Waals surface area contributed by atoms with Gasteiger partial charge in [-0.25, -0.2) is 12.8 Å². The highest BCUT2D eigenvalue weighted by Gasteiger charge is 2.30. The molecule has 0 atom stereocenters. The van der Waals surface area contributed by atoms with Gasteiger partial charge < -0.3 is 4.90 Å². The van der Waals surface area contributed by atoms with E-state index < -0.39 is 31.2 Å². The third-order valence-electron chi connectivity index (χ3n) is 4.89. The zero-order chi connectivity index (χ0) is 20.5. The van der Waals surface area contributed by atoms with E-state index in [1.54, 1.807) is 4.90 Å². The number of carbonyl (C=O) groups is 1. The predicted molar refractivity (Wildman–Crippen MR) is 99.2 cm³/mol. The normalized spacial score (nSPS) is 15.4. The van der Waals surface area contributed by atoms with E-state index in [0.29, 0.717) is 19.0 Å². The van der Waals surface area contributed by atoms with Crippen LogP contribution in [0.25, 0.3) is 0 Å². The first-order chi connectivity index (χ1) is 13.2. The van der Waals surface area contributed by atoms with E-state index >= 15 is 0 Å². The van der Waals surface area contributed by atoms with E-state index in [1.807, 2.05) is 0 Å². The van der Waals surface area contributed by atoms with E-state index in [-0.39, 0.29) is 16.4 Å². The molecule has 1 aliphatic heterocycles. The smallest absolute Gasteiger partial charge is 0.289 e. The maximum absolute atomic E-state index is 13.1. The zero-order valence-electron chi connectivity index (χ0n) is 15.2. The van der Waals surface area contributed by atoms with Crippen LogP contribution in [0.3, 0.4) is 0 Å². The molecule has 2 aromatic carbocycles. The molecule has 9 heteroatoms. The van der Waals surface area contributed by atoms with Crippen LogP contribution in [0, 0.1) is 21.8 Å². The van der Waals surface area contributed by atoms with E-state index in [9.17, 15) is 27.7 Å². The Balaban J connectivity index is 1.99. The molecule has 0 N–H and O–H groups in total. The van der Waals surface area contributed by atoms with Crippen LogP contribution in [0.1, 0.15) is 30.1 Å². The van der Waals surface area contributed by atoms with Crippen molar-refractivity contribution < 1.29 is 22.5 Å². The second kappa shape index (κ2) is 7.67. The minimum atomic E-state index is -4.24. The Morgan fingerprint density at radius 2 is 1.75 bits per heavy atom. The fraction of sp³-hybridized carbons (Fsp3) is 0.316. The Labute approximate surface area is 161 Å². The highest BCUT2D eigenvalue weighted by Crippen LogP contribution is 2.31. The number of rotatable bonds is 4. The molecular formula is C19H19FN2O5S. The van der Waals surface area contributed by atoms with Gasteiger partial charge in [0, 0.05) is 24.7 Å². The average molecular weight is 406 g/mol. The molecule has 2 aromatic rings. The number of likely N-dealkylation sites (tertiary alicyclic amines) is 1. The Kier molecular flexibility index (Phi) is 5.46. The molecule has 0 aliphatic carbocycles. The van der Waals surface area contributed by atoms with Crippen molar-refractivity contribution in [2.45, 2.75) is 29.6 Å². The molecule has 0 unspecified atom stereocenters. The number of amides is 1. The second-order valence-corrected chi connectivity index (χ2v) is 8.79. The van der Waals surface area contributed by atoms with Gasteiger partial charge in [0.2, 0.25) is 9.84 Å². The van der Waals surface area contributed by atoms with Gasteiger partial charge in [-0.2, -0.15) is 0 Å². The van der Waals surface area contributed by atoms with Crippen LogP contribution in [-0.2, 0) is 9.84 Å². The number of nitro groups is 1. The number of piperidine rings is 1. The highest BCUT2D eigenvalue weighted by atomic mass is 32.2. The summed E-state index contributed by atoms with van der Waals surface area (Å²) in [5, 5.41) is 11.5. The maximum atomic E-state index is 13.1. The molecule has 0 radical (unpaired) electrons. The number of sulfone groups is 1. The predicted octanol–water partition coefficient (Wildman–Crippen LogP) is 3.44. The van der Waals surface area contributed by atoms with Gasteiger partial charge in [0.05, 0.1) is 9.82 Å². The molecule has 0 saturated carbocycles. The van der Waals surface area contributed by atoms with Crippen LogP contribution >= 0.6 is 0 Å². The molecule has 1 aliphatic rings. The van der Waals surface area contributed by atoms with Crippen LogP contribution in [0.5, 0.6) is 0 Å². The standard InChI is InChI=1S/C19H19FN2O5S/c1-13-8-10-21(11-9-13)19(23)14-2-7-18(17(12-14)22(24)25)28(26,27)16-5-3-15(20)4-6-16/h2-7,12-13H,8-11H2,1H3. The minimum Gasteiger partial charge on any atom is -0.339 e. The average Bonchev–Trinajstić information content (AvgIpc) is 2.68. The number of hydrogen-bond donors (Lipinski definition) is 0. The van der Waals surface area contributed by atoms with Gasteiger partial charge in [-0.15, -0.1) is 0 Å². The minimum absolute atomic E-state index is 0.0688. The van der Waals surface area contributed by atoms with E-state index in [0.717, 1.165) is 49.2 Å². The third kappa shape index (κ3) is 3.89. The topological polar surface area (TPSA) is 97.6 Å². The molecular weight excluding hydrogens is 387 g/mol. The molecule has 1 saturated heterocycles. The maximum Gasteiger partial charge on any atom is 0.289 e. The second-order valence-electron chi connectivity index (χ2n) is 6.87. The van der Waals surface area contributed by atoms with Gasteiger partial charge >= 0.3 is 0 Å². The summed E-state index contributed by atoms with van der Waals surface area (Å²) in [6, 6.07) is 7.36. The third-order valence-corrected chi connectivity index (χ3v) is 6.70. The summed E-state index contributed by atoms with van der Waals surface area (Å²) in [5.41, 5.74) is -0.611. The summed E-state index contributed by atoms with van der Waals surface area (Å²) >= 11 is 0. The lowest BCUT2D eigenvalue weighted by atomic mass is 9.98. The Morgan fingerprint density at radius 3 is 2.32 bits per heavy atom. The summed E-state index contributed by atoms with van der Waals surface area (Å²) in [4.78, 5) is 24.2. The first-order valence-corrected chi connectivity index (χ1v) is 10.3. The van der Waals surface area contributed by atoms with Crippen molar-refractivity contribution in [1.29, 1.82) is 0 Å². The highest BCUT2D eigenvalue weighted by molar-refractivity contribution is 7.91. The van der Waals surface area contributed by atoms with Crippen molar-refractivity contribution in [2.24, 2.45) is 5.92 Å². The van der Waals surface area contributed by atoms with Gasteiger partial charge in [0.1, 0.15) is 10.7 Å². The summed E-state index contributed by atoms with van der Waals surface area (Å²) in [6.07, 6.45) is 1.70. The van der Waals surface area contributed by atoms with Crippen molar-refractivity contribution >= 4 is 21.4 Å². The van der Waals surface area contributed by atoms with Gasteiger partial charge in [0.25, 0.3) is 11.6 Å². The molecule has 148 valence electrons. The first kappa shape index (κ1) is 19.9. The van der Waals surface area contributed by atoms with Crippen LogP contribution < -0.4 is 0 Å². The van der Waals surface area contributed by atoms with Crippen LogP contribution in [0.15, 0.2) is 52.3 Å². The zero-order valence-corrected chi connectivity index (χ0v) is 16.0. The number of nitro benzene ring substituents is 1. The van der Waals surface area contributed by atoms with E-state index in [1.165, 1.54) is 6.07 Å². The van der Waals surface area contributed by atoms with Crippen LogP contribution in [0.4, 0.5) is 10.1 Å². The lowest BCUT2D eigenvalue weighted by Crippen LogP contribution is -2.37. The number of hydrogen-bond acceptors (Lipinski definition) is 5.